The second-order valence-electron chi connectivity index (χ2n) is 6.96. The van der Waals surface area contributed by atoms with Crippen molar-refractivity contribution in [2.75, 3.05) is 35.6 Å². The molecule has 1 aromatic carbocycles. The van der Waals surface area contributed by atoms with Crippen molar-refractivity contribution in [1.82, 2.24) is 15.3 Å². The first-order valence-electron chi connectivity index (χ1n) is 9.37. The van der Waals surface area contributed by atoms with Gasteiger partial charge in [-0.15, -0.1) is 0 Å². The number of halogens is 3. The molecule has 0 amide bonds. The molecule has 1 fully saturated rings. The minimum Gasteiger partial charge on any atom is -0.398 e. The second kappa shape index (κ2) is 8.22. The van der Waals surface area contributed by atoms with Gasteiger partial charge in [0.25, 0.3) is 0 Å². The average molecular weight is 394 g/mol. The van der Waals surface area contributed by atoms with Crippen LogP contribution in [0.5, 0.6) is 0 Å². The van der Waals surface area contributed by atoms with Crippen LogP contribution in [0.15, 0.2) is 24.3 Å². The molecule has 2 aromatic rings. The zero-order chi connectivity index (χ0) is 20.3. The summed E-state index contributed by atoms with van der Waals surface area (Å²) in [5.74, 6) is 1.06. The lowest BCUT2D eigenvalue weighted by Gasteiger charge is -2.35. The fraction of sp³-hybridized carbons (Fsp3) is 0.474. The molecule has 0 bridgehead atoms. The zero-order valence-corrected chi connectivity index (χ0v) is 16.0. The number of piperazine rings is 1. The van der Waals surface area contributed by atoms with Crippen LogP contribution in [0.4, 0.5) is 36.3 Å². The average Bonchev–Trinajstić information content (AvgIpc) is 2.63. The molecule has 2 heterocycles. The van der Waals surface area contributed by atoms with Crippen molar-refractivity contribution < 1.29 is 13.2 Å². The fourth-order valence-corrected chi connectivity index (χ4v) is 3.26. The molecule has 0 radical (unpaired) electrons. The van der Waals surface area contributed by atoms with Gasteiger partial charge in [-0.1, -0.05) is 13.3 Å². The maximum Gasteiger partial charge on any atom is 0.418 e. The van der Waals surface area contributed by atoms with E-state index in [1.807, 2.05) is 6.07 Å². The summed E-state index contributed by atoms with van der Waals surface area (Å²) in [6.07, 6.45) is -2.85. The van der Waals surface area contributed by atoms with E-state index in [4.69, 9.17) is 5.73 Å². The number of anilines is 4. The highest BCUT2D eigenvalue weighted by Gasteiger charge is 2.33. The number of nitrogens with one attached hydrogen (secondary N) is 2. The third-order valence-electron chi connectivity index (χ3n) is 4.68. The van der Waals surface area contributed by atoms with Gasteiger partial charge in [0, 0.05) is 48.8 Å². The maximum absolute atomic E-state index is 13.1. The van der Waals surface area contributed by atoms with E-state index >= 15 is 0 Å². The van der Waals surface area contributed by atoms with Crippen molar-refractivity contribution in [1.29, 1.82) is 0 Å². The molecule has 0 saturated carbocycles. The third-order valence-corrected chi connectivity index (χ3v) is 4.68. The van der Waals surface area contributed by atoms with Crippen molar-refractivity contribution in [3.05, 3.63) is 35.5 Å². The first-order valence-corrected chi connectivity index (χ1v) is 9.37. The van der Waals surface area contributed by atoms with Gasteiger partial charge in [0.05, 0.1) is 5.56 Å². The molecule has 1 saturated heterocycles. The second-order valence-corrected chi connectivity index (χ2v) is 6.96. The number of nitrogens with zero attached hydrogens (tertiary/aromatic N) is 3. The largest absolute Gasteiger partial charge is 0.418 e. The Hall–Kier alpha value is -2.55. The monoisotopic (exact) mass is 394 g/mol. The topological polar surface area (TPSA) is 79.1 Å². The van der Waals surface area contributed by atoms with Gasteiger partial charge in [-0.3, -0.25) is 0 Å². The molecule has 28 heavy (non-hydrogen) atoms. The van der Waals surface area contributed by atoms with Crippen LogP contribution in [0.3, 0.4) is 0 Å². The quantitative estimate of drug-likeness (QED) is 0.673. The Labute approximate surface area is 162 Å². The lowest BCUT2D eigenvalue weighted by Crippen LogP contribution is -2.50. The van der Waals surface area contributed by atoms with Crippen LogP contribution in [0.1, 0.15) is 31.5 Å². The predicted molar refractivity (Wildman–Crippen MR) is 105 cm³/mol. The van der Waals surface area contributed by atoms with Crippen LogP contribution < -0.4 is 21.3 Å². The number of aryl methyl sites for hydroxylation is 1. The lowest BCUT2D eigenvalue weighted by molar-refractivity contribution is -0.136. The van der Waals surface area contributed by atoms with Crippen molar-refractivity contribution in [2.24, 2.45) is 0 Å². The molecular formula is C19H25F3N6. The minimum absolute atomic E-state index is 0.245. The van der Waals surface area contributed by atoms with Gasteiger partial charge in [0.1, 0.15) is 5.82 Å². The predicted octanol–water partition coefficient (Wildman–Crippen LogP) is 3.57. The summed E-state index contributed by atoms with van der Waals surface area (Å²) >= 11 is 0. The van der Waals surface area contributed by atoms with Gasteiger partial charge in [0.2, 0.25) is 5.95 Å². The Balaban J connectivity index is 1.93. The standard InChI is InChI=1S/C19H25F3N6/c1-3-4-13-10-17(28-8-7-24-11-12(28)2)27-18(25-13)26-14-5-6-16(23)15(9-14)19(20,21)22/h5-6,9-10,12,24H,3-4,7-8,11,23H2,1-2H3,(H,25,26,27)/t12-/m1/s1. The fourth-order valence-electron chi connectivity index (χ4n) is 3.26. The van der Waals surface area contributed by atoms with Gasteiger partial charge in [-0.05, 0) is 31.5 Å². The molecule has 0 unspecified atom stereocenters. The highest BCUT2D eigenvalue weighted by Crippen LogP contribution is 2.35. The highest BCUT2D eigenvalue weighted by atomic mass is 19.4. The first-order chi connectivity index (χ1) is 13.3. The first kappa shape index (κ1) is 20.2. The van der Waals surface area contributed by atoms with E-state index in [1.54, 1.807) is 0 Å². The Morgan fingerprint density at radius 1 is 1.29 bits per heavy atom. The van der Waals surface area contributed by atoms with E-state index < -0.39 is 11.7 Å². The Morgan fingerprint density at radius 2 is 2.07 bits per heavy atom. The summed E-state index contributed by atoms with van der Waals surface area (Å²) < 4.78 is 39.4. The zero-order valence-electron chi connectivity index (χ0n) is 16.0. The molecule has 6 nitrogen and oxygen atoms in total. The lowest BCUT2D eigenvalue weighted by atomic mass is 10.1. The molecule has 1 atom stereocenters. The molecule has 0 aliphatic carbocycles. The van der Waals surface area contributed by atoms with Gasteiger partial charge in [0.15, 0.2) is 0 Å². The molecule has 3 rings (SSSR count). The van der Waals surface area contributed by atoms with Crippen molar-refractivity contribution >= 4 is 23.1 Å². The summed E-state index contributed by atoms with van der Waals surface area (Å²) in [7, 11) is 0. The van der Waals surface area contributed by atoms with Crippen molar-refractivity contribution in [2.45, 2.75) is 38.9 Å². The molecule has 1 aliphatic rings. The summed E-state index contributed by atoms with van der Waals surface area (Å²) in [6.45, 7) is 6.67. The van der Waals surface area contributed by atoms with Crippen LogP contribution in [0, 0.1) is 0 Å². The van der Waals surface area contributed by atoms with Crippen LogP contribution in [0.25, 0.3) is 0 Å². The summed E-state index contributed by atoms with van der Waals surface area (Å²) in [5.41, 5.74) is 5.39. The molecule has 0 spiro atoms. The Morgan fingerprint density at radius 3 is 2.75 bits per heavy atom. The molecule has 4 N–H and O–H groups in total. The van der Waals surface area contributed by atoms with Crippen molar-refractivity contribution in [3.63, 3.8) is 0 Å². The Kier molecular flexibility index (Phi) is 5.93. The van der Waals surface area contributed by atoms with E-state index in [1.165, 1.54) is 12.1 Å². The summed E-state index contributed by atoms with van der Waals surface area (Å²) in [5, 5.41) is 6.25. The summed E-state index contributed by atoms with van der Waals surface area (Å²) in [4.78, 5) is 11.2. The number of nitrogen functional groups attached to an aromatic ring is 1. The van der Waals surface area contributed by atoms with Crippen LogP contribution >= 0.6 is 0 Å². The SMILES string of the molecule is CCCc1cc(N2CCNC[C@H]2C)nc(Nc2ccc(N)c(C(F)(F)F)c2)n1. The number of rotatable bonds is 5. The normalized spacial score (nSPS) is 17.6. The van der Waals surface area contributed by atoms with E-state index in [9.17, 15) is 13.2 Å². The third kappa shape index (κ3) is 4.64. The molecule has 1 aliphatic heterocycles. The number of hydrogen-bond acceptors (Lipinski definition) is 6. The van der Waals surface area contributed by atoms with E-state index in [2.05, 4.69) is 39.3 Å². The van der Waals surface area contributed by atoms with Gasteiger partial charge >= 0.3 is 6.18 Å². The number of alkyl halides is 3. The van der Waals surface area contributed by atoms with Crippen LogP contribution in [-0.2, 0) is 12.6 Å². The van der Waals surface area contributed by atoms with Gasteiger partial charge < -0.3 is 21.3 Å². The van der Waals surface area contributed by atoms with Crippen LogP contribution in [-0.4, -0.2) is 35.6 Å². The Bertz CT molecular complexity index is 824. The number of aromatic nitrogens is 2. The van der Waals surface area contributed by atoms with E-state index in [-0.39, 0.29) is 23.4 Å². The highest BCUT2D eigenvalue weighted by molar-refractivity contribution is 5.63. The number of hydrogen-bond donors (Lipinski definition) is 3. The molecule has 152 valence electrons. The van der Waals surface area contributed by atoms with Gasteiger partial charge in [-0.2, -0.15) is 18.2 Å². The smallest absolute Gasteiger partial charge is 0.398 e. The van der Waals surface area contributed by atoms with Crippen LogP contribution in [0.2, 0.25) is 0 Å². The molecule has 9 heteroatoms. The van der Waals surface area contributed by atoms with Gasteiger partial charge in [-0.25, -0.2) is 4.98 Å². The minimum atomic E-state index is -4.52. The summed E-state index contributed by atoms with van der Waals surface area (Å²) in [6, 6.07) is 5.94. The van der Waals surface area contributed by atoms with E-state index in [0.717, 1.165) is 50.1 Å². The number of benzene rings is 1. The maximum atomic E-state index is 13.1. The van der Waals surface area contributed by atoms with E-state index in [0.29, 0.717) is 0 Å². The molecular weight excluding hydrogens is 369 g/mol. The molecule has 1 aromatic heterocycles. The van der Waals surface area contributed by atoms with Crippen molar-refractivity contribution in [3.8, 4) is 0 Å². The number of nitrogens with two attached hydrogens (primary N) is 1.